The van der Waals surface area contributed by atoms with Crippen LogP contribution in [-0.2, 0) is 0 Å². The predicted molar refractivity (Wildman–Crippen MR) is 70.0 cm³/mol. The molecule has 4 rings (SSSR count). The number of aromatic nitrogens is 3. The summed E-state index contributed by atoms with van der Waals surface area (Å²) in [4.78, 5) is 21.0. The summed E-state index contributed by atoms with van der Waals surface area (Å²) in [5.41, 5.74) is 1.44. The van der Waals surface area contributed by atoms with Crippen LogP contribution < -0.4 is 5.32 Å². The number of nitrogens with one attached hydrogen (secondary N) is 1. The van der Waals surface area contributed by atoms with Gasteiger partial charge in [0, 0.05) is 30.4 Å². The largest absolute Gasteiger partial charge is 0.311 e. The number of fused-ring (bicyclic) bond motifs is 3. The molecule has 2 saturated heterocycles. The Kier molecular flexibility index (Phi) is 2.41. The minimum atomic E-state index is 0.145. The molecule has 2 fully saturated rings. The number of carbonyl (C=O) groups excluding carboxylic acids is 1. The molecular weight excluding hydrogens is 240 g/mol. The van der Waals surface area contributed by atoms with Crippen LogP contribution in [0, 0.1) is 5.92 Å². The van der Waals surface area contributed by atoms with Crippen LogP contribution >= 0.6 is 0 Å². The van der Waals surface area contributed by atoms with Crippen molar-refractivity contribution >= 4 is 11.4 Å². The third-order valence-electron chi connectivity index (χ3n) is 4.41. The molecule has 1 N–H and O–H groups in total. The van der Waals surface area contributed by atoms with E-state index in [9.17, 15) is 4.79 Å². The van der Waals surface area contributed by atoms with Crippen molar-refractivity contribution in [2.75, 3.05) is 0 Å². The average molecular weight is 256 g/mol. The summed E-state index contributed by atoms with van der Waals surface area (Å²) in [7, 11) is 0. The first kappa shape index (κ1) is 11.1. The SMILES string of the molecule is O=C(c1cnc2cnccn12)C1CC2CCC(C1)N2. The van der Waals surface area contributed by atoms with Crippen LogP contribution in [0.1, 0.15) is 36.2 Å². The van der Waals surface area contributed by atoms with E-state index in [1.165, 1.54) is 12.8 Å². The molecule has 2 aliphatic heterocycles. The Bertz CT molecular complexity index is 623. The third kappa shape index (κ3) is 1.76. The van der Waals surface area contributed by atoms with Gasteiger partial charge >= 0.3 is 0 Å². The lowest BCUT2D eigenvalue weighted by Crippen LogP contribution is -2.40. The molecule has 98 valence electrons. The van der Waals surface area contributed by atoms with Crippen LogP contribution in [0.2, 0.25) is 0 Å². The highest BCUT2D eigenvalue weighted by Crippen LogP contribution is 2.32. The summed E-state index contributed by atoms with van der Waals surface area (Å²) in [5, 5.41) is 3.57. The maximum absolute atomic E-state index is 12.7. The fourth-order valence-corrected chi connectivity index (χ4v) is 3.50. The zero-order valence-corrected chi connectivity index (χ0v) is 10.6. The monoisotopic (exact) mass is 256 g/mol. The molecule has 5 heteroatoms. The van der Waals surface area contributed by atoms with Crippen LogP contribution in [-0.4, -0.2) is 32.2 Å². The number of rotatable bonds is 2. The van der Waals surface area contributed by atoms with E-state index in [1.54, 1.807) is 18.6 Å². The van der Waals surface area contributed by atoms with Gasteiger partial charge in [0.1, 0.15) is 5.69 Å². The fourth-order valence-electron chi connectivity index (χ4n) is 3.50. The average Bonchev–Trinajstić information content (AvgIpc) is 3.01. The van der Waals surface area contributed by atoms with Crippen LogP contribution in [0.4, 0.5) is 0 Å². The lowest BCUT2D eigenvalue weighted by atomic mass is 9.87. The van der Waals surface area contributed by atoms with Gasteiger partial charge in [0.25, 0.3) is 0 Å². The van der Waals surface area contributed by atoms with E-state index < -0.39 is 0 Å². The second-order valence-electron chi connectivity index (χ2n) is 5.62. The highest BCUT2D eigenvalue weighted by molar-refractivity contribution is 5.97. The molecule has 0 radical (unpaired) electrons. The third-order valence-corrected chi connectivity index (χ3v) is 4.41. The summed E-state index contributed by atoms with van der Waals surface area (Å²) in [5.74, 6) is 0.379. The first-order valence-corrected chi connectivity index (χ1v) is 6.88. The Morgan fingerprint density at radius 3 is 2.84 bits per heavy atom. The number of hydrogen-bond acceptors (Lipinski definition) is 4. The van der Waals surface area contributed by atoms with Gasteiger partial charge in [-0.3, -0.25) is 14.2 Å². The number of hydrogen-bond donors (Lipinski definition) is 1. The Labute approximate surface area is 111 Å². The molecule has 2 aromatic heterocycles. The molecule has 19 heavy (non-hydrogen) atoms. The molecule has 2 unspecified atom stereocenters. The summed E-state index contributed by atoms with van der Waals surface area (Å²) in [6.07, 6.45) is 11.2. The van der Waals surface area contributed by atoms with Crippen molar-refractivity contribution in [2.45, 2.75) is 37.8 Å². The van der Waals surface area contributed by atoms with Gasteiger partial charge < -0.3 is 5.32 Å². The summed E-state index contributed by atoms with van der Waals surface area (Å²) >= 11 is 0. The smallest absolute Gasteiger partial charge is 0.184 e. The lowest BCUT2D eigenvalue weighted by Gasteiger charge is -2.27. The zero-order valence-electron chi connectivity index (χ0n) is 10.6. The van der Waals surface area contributed by atoms with E-state index in [0.29, 0.717) is 17.8 Å². The van der Waals surface area contributed by atoms with Gasteiger partial charge in [-0.15, -0.1) is 0 Å². The Morgan fingerprint density at radius 2 is 2.05 bits per heavy atom. The van der Waals surface area contributed by atoms with Crippen LogP contribution in [0.25, 0.3) is 5.65 Å². The number of carbonyl (C=O) groups is 1. The maximum atomic E-state index is 12.7. The van der Waals surface area contributed by atoms with E-state index in [-0.39, 0.29) is 11.7 Å². The molecule has 2 bridgehead atoms. The minimum Gasteiger partial charge on any atom is -0.311 e. The molecule has 5 nitrogen and oxygen atoms in total. The fraction of sp³-hybridized carbons (Fsp3) is 0.500. The van der Waals surface area contributed by atoms with Crippen molar-refractivity contribution in [3.63, 3.8) is 0 Å². The van der Waals surface area contributed by atoms with Crippen molar-refractivity contribution < 1.29 is 4.79 Å². The van der Waals surface area contributed by atoms with Gasteiger partial charge in [0.15, 0.2) is 11.4 Å². The highest BCUT2D eigenvalue weighted by Gasteiger charge is 2.37. The summed E-state index contributed by atoms with van der Waals surface area (Å²) in [6, 6.07) is 1.07. The number of nitrogens with zero attached hydrogens (tertiary/aromatic N) is 3. The van der Waals surface area contributed by atoms with Gasteiger partial charge in [-0.05, 0) is 25.7 Å². The van der Waals surface area contributed by atoms with Gasteiger partial charge in [-0.25, -0.2) is 4.98 Å². The molecular formula is C14H16N4O. The predicted octanol–water partition coefficient (Wildman–Crippen LogP) is 1.44. The van der Waals surface area contributed by atoms with E-state index in [2.05, 4.69) is 15.3 Å². The molecule has 2 aliphatic rings. The first-order chi connectivity index (χ1) is 9.31. The van der Waals surface area contributed by atoms with Crippen molar-refractivity contribution in [3.05, 3.63) is 30.5 Å². The Balaban J connectivity index is 1.67. The van der Waals surface area contributed by atoms with Gasteiger partial charge in [-0.2, -0.15) is 0 Å². The van der Waals surface area contributed by atoms with E-state index in [1.807, 2.05) is 10.6 Å². The van der Waals surface area contributed by atoms with Crippen molar-refractivity contribution in [2.24, 2.45) is 5.92 Å². The van der Waals surface area contributed by atoms with Crippen molar-refractivity contribution in [3.8, 4) is 0 Å². The normalized spacial score (nSPS) is 29.8. The Morgan fingerprint density at radius 1 is 1.26 bits per heavy atom. The van der Waals surface area contributed by atoms with E-state index in [0.717, 1.165) is 18.5 Å². The molecule has 4 heterocycles. The molecule has 2 aromatic rings. The van der Waals surface area contributed by atoms with Crippen LogP contribution in [0.15, 0.2) is 24.8 Å². The lowest BCUT2D eigenvalue weighted by molar-refractivity contribution is 0.0869. The quantitative estimate of drug-likeness (QED) is 0.826. The Hall–Kier alpha value is -1.75. The number of Topliss-reactive ketones (excluding diaryl/α,β-unsaturated/α-hetero) is 1. The topological polar surface area (TPSA) is 59.3 Å². The van der Waals surface area contributed by atoms with Crippen molar-refractivity contribution in [1.29, 1.82) is 0 Å². The number of ketones is 1. The second-order valence-corrected chi connectivity index (χ2v) is 5.62. The second kappa shape index (κ2) is 4.13. The number of piperidine rings is 1. The van der Waals surface area contributed by atoms with Crippen LogP contribution in [0.3, 0.4) is 0 Å². The maximum Gasteiger partial charge on any atom is 0.184 e. The summed E-state index contributed by atoms with van der Waals surface area (Å²) < 4.78 is 1.85. The van der Waals surface area contributed by atoms with Gasteiger partial charge in [0.05, 0.1) is 12.4 Å². The van der Waals surface area contributed by atoms with E-state index in [4.69, 9.17) is 0 Å². The van der Waals surface area contributed by atoms with Gasteiger partial charge in [-0.1, -0.05) is 0 Å². The number of imidazole rings is 1. The molecule has 0 aliphatic carbocycles. The minimum absolute atomic E-state index is 0.145. The van der Waals surface area contributed by atoms with E-state index >= 15 is 0 Å². The highest BCUT2D eigenvalue weighted by atomic mass is 16.1. The first-order valence-electron chi connectivity index (χ1n) is 6.88. The molecule has 0 amide bonds. The molecule has 0 spiro atoms. The summed E-state index contributed by atoms with van der Waals surface area (Å²) in [6.45, 7) is 0. The standard InChI is InChI=1S/C14H16N4O/c19-14(9-5-10-1-2-11(6-9)17-10)12-7-16-13-8-15-3-4-18(12)13/h3-4,7-11,17H,1-2,5-6H2. The van der Waals surface area contributed by atoms with Gasteiger partial charge in [0.2, 0.25) is 0 Å². The molecule has 0 saturated carbocycles. The zero-order chi connectivity index (χ0) is 12.8. The molecule has 0 aromatic carbocycles. The van der Waals surface area contributed by atoms with Crippen molar-refractivity contribution in [1.82, 2.24) is 19.7 Å². The van der Waals surface area contributed by atoms with Crippen LogP contribution in [0.5, 0.6) is 0 Å². The molecule has 2 atom stereocenters.